The Kier molecular flexibility index (Phi) is 8.90. The maximum Gasteiger partial charge on any atom is 0.261 e. The zero-order chi connectivity index (χ0) is 18.4. The highest BCUT2D eigenvalue weighted by Gasteiger charge is 2.11. The minimum atomic E-state index is -3.55. The summed E-state index contributed by atoms with van der Waals surface area (Å²) in [5.74, 6) is 0. The van der Waals surface area contributed by atoms with Crippen molar-refractivity contribution in [2.24, 2.45) is 0 Å². The van der Waals surface area contributed by atoms with Gasteiger partial charge < -0.3 is 0 Å². The summed E-state index contributed by atoms with van der Waals surface area (Å²) in [5.41, 5.74) is 0. The lowest BCUT2D eigenvalue weighted by Crippen LogP contribution is -2.22. The molecule has 0 radical (unpaired) electrons. The minimum absolute atomic E-state index is 0.139. The van der Waals surface area contributed by atoms with Crippen molar-refractivity contribution >= 4 is 74.9 Å². The highest BCUT2D eigenvalue weighted by molar-refractivity contribution is 14.1. The number of rotatable bonds is 4. The summed E-state index contributed by atoms with van der Waals surface area (Å²) in [7, 11) is -1.75. The van der Waals surface area contributed by atoms with Crippen molar-refractivity contribution in [3.63, 3.8) is 0 Å². The van der Waals surface area contributed by atoms with Crippen molar-refractivity contribution in [3.8, 4) is 0 Å². The van der Waals surface area contributed by atoms with Gasteiger partial charge in [0.05, 0.1) is 9.79 Å². The first-order valence-electron chi connectivity index (χ1n) is 6.51. The van der Waals surface area contributed by atoms with Crippen LogP contribution in [0.15, 0.2) is 58.3 Å². The fourth-order valence-electron chi connectivity index (χ4n) is 1.48. The molecule has 0 unspecified atom stereocenters. The van der Waals surface area contributed by atoms with Crippen LogP contribution in [0.3, 0.4) is 0 Å². The Morgan fingerprint density at radius 3 is 1.54 bits per heavy atom. The van der Waals surface area contributed by atoms with Crippen molar-refractivity contribution in [2.75, 3.05) is 6.54 Å². The van der Waals surface area contributed by atoms with Gasteiger partial charge in [-0.1, -0.05) is 6.92 Å². The van der Waals surface area contributed by atoms with Crippen molar-refractivity contribution in [2.45, 2.75) is 16.7 Å². The van der Waals surface area contributed by atoms with Crippen LogP contribution in [-0.2, 0) is 19.1 Å². The molecule has 0 saturated heterocycles. The molecule has 2 aromatic carbocycles. The Bertz CT molecular complexity index is 868. The summed E-state index contributed by atoms with van der Waals surface area (Å²) in [4.78, 5) is 0.453. The monoisotopic (exact) mass is 613 g/mol. The highest BCUT2D eigenvalue weighted by Crippen LogP contribution is 2.15. The van der Waals surface area contributed by atoms with Gasteiger partial charge in [-0.2, -0.15) is 0 Å². The molecular weight excluding hydrogens is 600 g/mol. The zero-order valence-corrected chi connectivity index (χ0v) is 19.1. The molecule has 132 valence electrons. The third kappa shape index (κ3) is 7.52. The molecule has 24 heavy (non-hydrogen) atoms. The SMILES string of the molecule is CCNS(=O)(=O)c1ccc(I)cc1.O=S(=O)(Cl)c1ccc(I)cc1. The standard InChI is InChI=1S/C8H10INO2S.C6H4ClIO2S/c1-2-10-13(11,12)8-5-3-7(9)4-6-8;7-11(9,10)6-3-1-5(8)2-4-6/h3-6,10H,2H2,1H3;1-4H. The van der Waals surface area contributed by atoms with Crippen molar-refractivity contribution in [1.82, 2.24) is 4.72 Å². The molecule has 0 heterocycles. The van der Waals surface area contributed by atoms with E-state index >= 15 is 0 Å². The molecule has 0 fully saturated rings. The average molecular weight is 614 g/mol. The van der Waals surface area contributed by atoms with Gasteiger partial charge in [-0.3, -0.25) is 0 Å². The van der Waals surface area contributed by atoms with Gasteiger partial charge in [0.25, 0.3) is 9.05 Å². The number of halogens is 3. The van der Waals surface area contributed by atoms with E-state index in [0.717, 1.165) is 7.14 Å². The summed E-state index contributed by atoms with van der Waals surface area (Å²) in [6.45, 7) is 2.17. The summed E-state index contributed by atoms with van der Waals surface area (Å²) >= 11 is 4.22. The Hall–Kier alpha value is 0.0500. The van der Waals surface area contributed by atoms with Gasteiger partial charge in [-0.15, -0.1) is 0 Å². The fourth-order valence-corrected chi connectivity index (χ4v) is 4.01. The zero-order valence-electron chi connectivity index (χ0n) is 12.4. The normalized spacial score (nSPS) is 11.5. The van der Waals surface area contributed by atoms with Crippen LogP contribution in [0, 0.1) is 7.14 Å². The fraction of sp³-hybridized carbons (Fsp3) is 0.143. The van der Waals surface area contributed by atoms with E-state index in [1.807, 2.05) is 0 Å². The first kappa shape index (κ1) is 22.1. The number of benzene rings is 2. The van der Waals surface area contributed by atoms with Crippen LogP contribution in [0.2, 0.25) is 0 Å². The number of hydrogen-bond acceptors (Lipinski definition) is 4. The van der Waals surface area contributed by atoms with Gasteiger partial charge >= 0.3 is 0 Å². The predicted octanol–water partition coefficient (Wildman–Crippen LogP) is 3.81. The first-order chi connectivity index (χ1) is 11.1. The molecule has 0 atom stereocenters. The molecule has 2 aromatic rings. The van der Waals surface area contributed by atoms with Crippen molar-refractivity contribution in [3.05, 3.63) is 55.7 Å². The van der Waals surface area contributed by atoms with Gasteiger partial charge in [-0.05, 0) is 93.7 Å². The van der Waals surface area contributed by atoms with Crippen LogP contribution in [-0.4, -0.2) is 23.4 Å². The van der Waals surface area contributed by atoms with E-state index in [1.165, 1.54) is 12.1 Å². The summed E-state index contributed by atoms with van der Waals surface area (Å²) in [5, 5.41) is 0. The van der Waals surface area contributed by atoms with E-state index in [9.17, 15) is 16.8 Å². The molecular formula is C14H14ClI2NO4S2. The summed E-state index contributed by atoms with van der Waals surface area (Å²) < 4.78 is 48.7. The number of hydrogen-bond donors (Lipinski definition) is 1. The van der Waals surface area contributed by atoms with E-state index in [0.29, 0.717) is 11.4 Å². The van der Waals surface area contributed by atoms with Crippen molar-refractivity contribution in [1.29, 1.82) is 0 Å². The predicted molar refractivity (Wildman–Crippen MR) is 112 cm³/mol. The molecule has 0 aliphatic heterocycles. The van der Waals surface area contributed by atoms with Crippen LogP contribution in [0.5, 0.6) is 0 Å². The summed E-state index contributed by atoms with van der Waals surface area (Å²) in [6, 6.07) is 13.1. The summed E-state index contributed by atoms with van der Waals surface area (Å²) in [6.07, 6.45) is 0. The topological polar surface area (TPSA) is 80.3 Å². The Morgan fingerprint density at radius 1 is 0.833 bits per heavy atom. The van der Waals surface area contributed by atoms with E-state index in [-0.39, 0.29) is 4.90 Å². The molecule has 0 saturated carbocycles. The molecule has 1 N–H and O–H groups in total. The number of nitrogens with one attached hydrogen (secondary N) is 1. The Morgan fingerprint density at radius 2 is 1.21 bits per heavy atom. The van der Waals surface area contributed by atoms with E-state index in [2.05, 4.69) is 49.9 Å². The van der Waals surface area contributed by atoms with E-state index in [4.69, 9.17) is 10.7 Å². The molecule has 2 rings (SSSR count). The molecule has 0 bridgehead atoms. The largest absolute Gasteiger partial charge is 0.261 e. The van der Waals surface area contributed by atoms with Crippen LogP contribution < -0.4 is 4.72 Å². The molecule has 0 aliphatic carbocycles. The maximum atomic E-state index is 11.4. The van der Waals surface area contributed by atoms with Crippen molar-refractivity contribution < 1.29 is 16.8 Å². The van der Waals surface area contributed by atoms with E-state index in [1.54, 1.807) is 43.3 Å². The molecule has 10 heteroatoms. The highest BCUT2D eigenvalue weighted by atomic mass is 127. The molecule has 5 nitrogen and oxygen atoms in total. The molecule has 0 aliphatic rings. The number of sulfonamides is 1. The second-order valence-corrected chi connectivity index (χ2v) is 11.2. The van der Waals surface area contributed by atoms with Gasteiger partial charge in [0.15, 0.2) is 0 Å². The Labute approximate surface area is 173 Å². The maximum absolute atomic E-state index is 11.4. The first-order valence-corrected chi connectivity index (χ1v) is 12.5. The van der Waals surface area contributed by atoms with E-state index < -0.39 is 19.1 Å². The quantitative estimate of drug-likeness (QED) is 0.421. The van der Waals surface area contributed by atoms with Gasteiger partial charge in [-0.25, -0.2) is 21.6 Å². The molecule has 0 amide bonds. The Balaban J connectivity index is 0.000000243. The lowest BCUT2D eigenvalue weighted by molar-refractivity contribution is 0.584. The van der Waals surface area contributed by atoms with Gasteiger partial charge in [0, 0.05) is 24.4 Å². The second-order valence-electron chi connectivity index (χ2n) is 4.35. The second kappa shape index (κ2) is 9.67. The van der Waals surface area contributed by atoms with Crippen LogP contribution in [0.1, 0.15) is 6.92 Å². The minimum Gasteiger partial charge on any atom is -0.211 e. The van der Waals surface area contributed by atoms with Gasteiger partial charge in [0.1, 0.15) is 0 Å². The van der Waals surface area contributed by atoms with Gasteiger partial charge in [0.2, 0.25) is 10.0 Å². The third-order valence-electron chi connectivity index (χ3n) is 2.55. The average Bonchev–Trinajstić information content (AvgIpc) is 2.48. The smallest absolute Gasteiger partial charge is 0.211 e. The lowest BCUT2D eigenvalue weighted by atomic mass is 10.4. The van der Waals surface area contributed by atoms with Crippen LogP contribution >= 0.6 is 55.9 Å². The lowest BCUT2D eigenvalue weighted by Gasteiger charge is -2.03. The molecule has 0 spiro atoms. The van der Waals surface area contributed by atoms with Crippen LogP contribution in [0.4, 0.5) is 0 Å². The molecule has 0 aromatic heterocycles. The van der Waals surface area contributed by atoms with Crippen LogP contribution in [0.25, 0.3) is 0 Å². The third-order valence-corrected chi connectivity index (χ3v) is 6.92.